The number of allylic oxidation sites excluding steroid dienone is 1. The standard InChI is InChI=1S/C17H22O5/c1-9-5-7-12-10(2)16(19)21-14(12)15-17(4,22-15)13(8-6-9)20-11(3)18/h6,12-15H,2,5,7-8H2,1,3-4H3. The maximum absolute atomic E-state index is 11.9. The molecule has 0 saturated carbocycles. The van der Waals surface area contributed by atoms with Gasteiger partial charge in [0.15, 0.2) is 0 Å². The minimum atomic E-state index is -0.604. The maximum atomic E-state index is 11.9. The zero-order chi connectivity index (χ0) is 16.1. The first-order valence-corrected chi connectivity index (χ1v) is 7.73. The van der Waals surface area contributed by atoms with Gasteiger partial charge in [0.25, 0.3) is 0 Å². The van der Waals surface area contributed by atoms with Crippen molar-refractivity contribution in [3.05, 3.63) is 23.8 Å². The van der Waals surface area contributed by atoms with Crippen molar-refractivity contribution in [3.63, 3.8) is 0 Å². The first-order valence-electron chi connectivity index (χ1n) is 7.73. The van der Waals surface area contributed by atoms with E-state index in [4.69, 9.17) is 14.2 Å². The van der Waals surface area contributed by atoms with Gasteiger partial charge in [-0.1, -0.05) is 18.2 Å². The lowest BCUT2D eigenvalue weighted by molar-refractivity contribution is -0.149. The Morgan fingerprint density at radius 1 is 1.50 bits per heavy atom. The van der Waals surface area contributed by atoms with Crippen LogP contribution < -0.4 is 0 Å². The first kappa shape index (κ1) is 15.3. The minimum absolute atomic E-state index is 0.0289. The van der Waals surface area contributed by atoms with Gasteiger partial charge < -0.3 is 14.2 Å². The number of fused-ring (bicyclic) bond motifs is 3. The summed E-state index contributed by atoms with van der Waals surface area (Å²) in [5.74, 6) is -0.690. The Bertz CT molecular complexity index is 563. The number of carbonyl (C=O) groups excluding carboxylic acids is 2. The van der Waals surface area contributed by atoms with E-state index in [0.717, 1.165) is 12.8 Å². The molecule has 5 heteroatoms. The summed E-state index contributed by atoms with van der Waals surface area (Å²) in [7, 11) is 0. The topological polar surface area (TPSA) is 65.1 Å². The Balaban J connectivity index is 1.90. The molecular weight excluding hydrogens is 284 g/mol. The Hall–Kier alpha value is -1.62. The summed E-state index contributed by atoms with van der Waals surface area (Å²) in [6, 6.07) is 0. The largest absolute Gasteiger partial charge is 0.459 e. The van der Waals surface area contributed by atoms with Crippen molar-refractivity contribution in [3.8, 4) is 0 Å². The van der Waals surface area contributed by atoms with Crippen LogP contribution in [0.5, 0.6) is 0 Å². The minimum Gasteiger partial charge on any atom is -0.459 e. The maximum Gasteiger partial charge on any atom is 0.334 e. The smallest absolute Gasteiger partial charge is 0.334 e. The van der Waals surface area contributed by atoms with E-state index in [-0.39, 0.29) is 36.2 Å². The number of carbonyl (C=O) groups is 2. The molecule has 1 aliphatic carbocycles. The molecule has 0 radical (unpaired) electrons. The predicted octanol–water partition coefficient (Wildman–Crippen LogP) is 2.30. The van der Waals surface area contributed by atoms with Crippen LogP contribution in [-0.2, 0) is 23.8 Å². The fourth-order valence-corrected chi connectivity index (χ4v) is 3.53. The molecule has 0 aromatic carbocycles. The van der Waals surface area contributed by atoms with Crippen molar-refractivity contribution < 1.29 is 23.8 Å². The Kier molecular flexibility index (Phi) is 3.63. The quantitative estimate of drug-likeness (QED) is 0.322. The van der Waals surface area contributed by atoms with Gasteiger partial charge >= 0.3 is 11.9 Å². The van der Waals surface area contributed by atoms with Gasteiger partial charge in [-0.05, 0) is 26.7 Å². The van der Waals surface area contributed by atoms with Crippen LogP contribution in [0.1, 0.15) is 40.0 Å². The van der Waals surface area contributed by atoms with Crippen LogP contribution in [0, 0.1) is 5.92 Å². The third-order valence-electron chi connectivity index (χ3n) is 5.01. The Morgan fingerprint density at radius 3 is 2.91 bits per heavy atom. The first-order chi connectivity index (χ1) is 10.3. The lowest BCUT2D eigenvalue weighted by Gasteiger charge is -2.24. The Labute approximate surface area is 130 Å². The molecule has 0 spiro atoms. The molecule has 2 fully saturated rings. The van der Waals surface area contributed by atoms with Crippen LogP contribution in [0.3, 0.4) is 0 Å². The van der Waals surface area contributed by atoms with E-state index in [1.807, 2.05) is 6.92 Å². The molecule has 0 aromatic heterocycles. The van der Waals surface area contributed by atoms with Crippen LogP contribution in [0.2, 0.25) is 0 Å². The number of epoxide rings is 1. The number of hydrogen-bond donors (Lipinski definition) is 0. The second-order valence-electron chi connectivity index (χ2n) is 6.65. The van der Waals surface area contributed by atoms with Crippen molar-refractivity contribution in [2.45, 2.75) is 63.9 Å². The van der Waals surface area contributed by atoms with Gasteiger partial charge in [0.2, 0.25) is 0 Å². The third-order valence-corrected chi connectivity index (χ3v) is 5.01. The lowest BCUT2D eigenvalue weighted by atomic mass is 9.83. The van der Waals surface area contributed by atoms with Crippen LogP contribution in [0.4, 0.5) is 0 Å². The molecular formula is C17H22O5. The van der Waals surface area contributed by atoms with Crippen LogP contribution in [0.25, 0.3) is 0 Å². The molecule has 2 aliphatic heterocycles. The second-order valence-corrected chi connectivity index (χ2v) is 6.65. The van der Waals surface area contributed by atoms with Gasteiger partial charge in [0.05, 0.1) is 0 Å². The van der Waals surface area contributed by atoms with Crippen molar-refractivity contribution >= 4 is 11.9 Å². The molecule has 0 N–H and O–H groups in total. The number of rotatable bonds is 1. The predicted molar refractivity (Wildman–Crippen MR) is 79.0 cm³/mol. The molecule has 3 aliphatic rings. The van der Waals surface area contributed by atoms with Crippen molar-refractivity contribution in [2.24, 2.45) is 5.92 Å². The number of esters is 2. The van der Waals surface area contributed by atoms with Crippen molar-refractivity contribution in [1.29, 1.82) is 0 Å². The molecule has 0 bridgehead atoms. The van der Waals surface area contributed by atoms with Crippen molar-refractivity contribution in [2.75, 3.05) is 0 Å². The summed E-state index contributed by atoms with van der Waals surface area (Å²) in [6.07, 6.45) is 3.48. The molecule has 0 amide bonds. The second kappa shape index (κ2) is 5.23. The zero-order valence-corrected chi connectivity index (χ0v) is 13.3. The normalized spacial score (nSPS) is 41.0. The van der Waals surface area contributed by atoms with Gasteiger partial charge in [-0.2, -0.15) is 0 Å². The molecule has 3 rings (SSSR count). The van der Waals surface area contributed by atoms with E-state index >= 15 is 0 Å². The summed E-state index contributed by atoms with van der Waals surface area (Å²) in [6.45, 7) is 9.25. The fourth-order valence-electron chi connectivity index (χ4n) is 3.53. The lowest BCUT2D eigenvalue weighted by Crippen LogP contribution is -2.38. The van der Waals surface area contributed by atoms with Gasteiger partial charge in [-0.15, -0.1) is 0 Å². The summed E-state index contributed by atoms with van der Waals surface area (Å²) >= 11 is 0. The molecule has 5 nitrogen and oxygen atoms in total. The van der Waals surface area contributed by atoms with E-state index in [0.29, 0.717) is 12.0 Å². The average molecular weight is 306 g/mol. The summed E-state index contributed by atoms with van der Waals surface area (Å²) < 4.78 is 16.8. The highest BCUT2D eigenvalue weighted by Crippen LogP contribution is 2.50. The van der Waals surface area contributed by atoms with Gasteiger partial charge in [0, 0.05) is 24.8 Å². The number of ether oxygens (including phenoxy) is 3. The molecule has 2 heterocycles. The van der Waals surface area contributed by atoms with E-state index in [1.165, 1.54) is 12.5 Å². The molecule has 22 heavy (non-hydrogen) atoms. The van der Waals surface area contributed by atoms with E-state index in [9.17, 15) is 9.59 Å². The van der Waals surface area contributed by atoms with Crippen LogP contribution in [-0.4, -0.2) is 35.9 Å². The highest BCUT2D eigenvalue weighted by Gasteiger charge is 2.66. The summed E-state index contributed by atoms with van der Waals surface area (Å²) in [5, 5.41) is 0. The fraction of sp³-hybridized carbons (Fsp3) is 0.647. The van der Waals surface area contributed by atoms with Crippen LogP contribution in [0.15, 0.2) is 23.8 Å². The molecule has 2 saturated heterocycles. The van der Waals surface area contributed by atoms with Gasteiger partial charge in [0.1, 0.15) is 23.9 Å². The van der Waals surface area contributed by atoms with Gasteiger partial charge in [-0.3, -0.25) is 4.79 Å². The van der Waals surface area contributed by atoms with E-state index in [1.54, 1.807) is 0 Å². The SMILES string of the molecule is C=C1C(=O)OC2C1CCC(C)=CCC(OC(C)=O)C1(C)OC21. The van der Waals surface area contributed by atoms with E-state index in [2.05, 4.69) is 19.6 Å². The summed E-state index contributed by atoms with van der Waals surface area (Å²) in [4.78, 5) is 23.3. The monoisotopic (exact) mass is 306 g/mol. The molecule has 120 valence electrons. The molecule has 5 atom stereocenters. The highest BCUT2D eigenvalue weighted by atomic mass is 16.7. The van der Waals surface area contributed by atoms with Crippen LogP contribution >= 0.6 is 0 Å². The van der Waals surface area contributed by atoms with Gasteiger partial charge in [-0.25, -0.2) is 4.79 Å². The third kappa shape index (κ3) is 2.47. The Morgan fingerprint density at radius 2 is 2.23 bits per heavy atom. The summed E-state index contributed by atoms with van der Waals surface area (Å²) in [5.41, 5.74) is 1.14. The van der Waals surface area contributed by atoms with Crippen molar-refractivity contribution in [1.82, 2.24) is 0 Å². The number of hydrogen-bond acceptors (Lipinski definition) is 5. The average Bonchev–Trinajstić information content (AvgIpc) is 3.05. The highest BCUT2D eigenvalue weighted by molar-refractivity contribution is 5.91. The molecule has 0 aromatic rings. The molecule has 5 unspecified atom stereocenters. The van der Waals surface area contributed by atoms with E-state index < -0.39 is 5.60 Å². The zero-order valence-electron chi connectivity index (χ0n) is 13.3.